The molecule has 6 heteroatoms. The second-order valence-electron chi connectivity index (χ2n) is 4.12. The van der Waals surface area contributed by atoms with Crippen LogP contribution < -0.4 is 5.32 Å². The van der Waals surface area contributed by atoms with E-state index >= 15 is 0 Å². The first-order valence-electron chi connectivity index (χ1n) is 5.89. The summed E-state index contributed by atoms with van der Waals surface area (Å²) in [5, 5.41) is 13.9. The molecule has 0 aliphatic heterocycles. The Hall–Kier alpha value is -3.02. The lowest BCUT2D eigenvalue weighted by Crippen LogP contribution is -2.04. The number of aromatic nitrogens is 3. The van der Waals surface area contributed by atoms with Crippen LogP contribution in [-0.2, 0) is 0 Å². The predicted molar refractivity (Wildman–Crippen MR) is 74.0 cm³/mol. The van der Waals surface area contributed by atoms with Crippen molar-refractivity contribution >= 4 is 28.2 Å². The molecule has 0 amide bonds. The lowest BCUT2D eigenvalue weighted by Gasteiger charge is -2.08. The average molecular weight is 266 g/mol. The first-order chi connectivity index (χ1) is 9.74. The molecule has 3 aromatic rings. The maximum Gasteiger partial charge on any atom is 0.356 e. The molecule has 0 radical (unpaired) electrons. The van der Waals surface area contributed by atoms with Gasteiger partial charge in [0.15, 0.2) is 5.69 Å². The largest absolute Gasteiger partial charge is 0.476 e. The third-order valence-electron chi connectivity index (χ3n) is 2.80. The number of fused-ring (bicyclic) bond motifs is 1. The summed E-state index contributed by atoms with van der Waals surface area (Å²) in [4.78, 5) is 22.8. The molecule has 20 heavy (non-hydrogen) atoms. The highest BCUT2D eigenvalue weighted by molar-refractivity contribution is 5.94. The van der Waals surface area contributed by atoms with Gasteiger partial charge in [0.25, 0.3) is 0 Å². The molecule has 0 spiro atoms. The molecule has 2 aromatic heterocycles. The van der Waals surface area contributed by atoms with Gasteiger partial charge in [-0.15, -0.1) is 0 Å². The second-order valence-corrected chi connectivity index (χ2v) is 4.12. The first kappa shape index (κ1) is 12.0. The molecule has 0 saturated heterocycles. The van der Waals surface area contributed by atoms with E-state index < -0.39 is 5.97 Å². The minimum Gasteiger partial charge on any atom is -0.476 e. The zero-order chi connectivity index (χ0) is 13.9. The van der Waals surface area contributed by atoms with Crippen LogP contribution in [0.1, 0.15) is 10.5 Å². The minimum absolute atomic E-state index is 0.103. The van der Waals surface area contributed by atoms with E-state index in [2.05, 4.69) is 20.3 Å². The van der Waals surface area contributed by atoms with Gasteiger partial charge < -0.3 is 10.4 Å². The summed E-state index contributed by atoms with van der Waals surface area (Å²) in [6, 6.07) is 7.65. The van der Waals surface area contributed by atoms with Crippen molar-refractivity contribution in [2.24, 2.45) is 0 Å². The van der Waals surface area contributed by atoms with Crippen LogP contribution in [-0.4, -0.2) is 26.0 Å². The van der Waals surface area contributed by atoms with Gasteiger partial charge in [-0.05, 0) is 17.5 Å². The van der Waals surface area contributed by atoms with Gasteiger partial charge >= 0.3 is 5.97 Å². The van der Waals surface area contributed by atoms with Gasteiger partial charge in [-0.3, -0.25) is 9.97 Å². The maximum atomic E-state index is 10.9. The third-order valence-corrected chi connectivity index (χ3v) is 2.80. The van der Waals surface area contributed by atoms with Crippen LogP contribution >= 0.6 is 0 Å². The van der Waals surface area contributed by atoms with Crippen LogP contribution in [0.5, 0.6) is 0 Å². The van der Waals surface area contributed by atoms with Crippen molar-refractivity contribution in [3.8, 4) is 0 Å². The number of rotatable bonds is 3. The number of anilines is 2. The van der Waals surface area contributed by atoms with E-state index in [1.54, 1.807) is 12.4 Å². The van der Waals surface area contributed by atoms with E-state index in [4.69, 9.17) is 5.11 Å². The number of aromatic carboxylic acids is 1. The molecular weight excluding hydrogens is 256 g/mol. The van der Waals surface area contributed by atoms with Crippen LogP contribution in [0.25, 0.3) is 10.8 Å². The lowest BCUT2D eigenvalue weighted by atomic mass is 10.1. The highest BCUT2D eigenvalue weighted by atomic mass is 16.4. The summed E-state index contributed by atoms with van der Waals surface area (Å²) in [5.41, 5.74) is 0.695. The van der Waals surface area contributed by atoms with E-state index in [0.717, 1.165) is 16.5 Å². The Labute approximate surface area is 114 Å². The van der Waals surface area contributed by atoms with E-state index in [1.165, 1.54) is 12.4 Å². The molecule has 1 aromatic carbocycles. The highest BCUT2D eigenvalue weighted by Gasteiger charge is 2.07. The number of hydrogen-bond donors (Lipinski definition) is 2. The fourth-order valence-corrected chi connectivity index (χ4v) is 1.89. The average Bonchev–Trinajstić information content (AvgIpc) is 2.48. The minimum atomic E-state index is -1.11. The normalized spacial score (nSPS) is 10.4. The summed E-state index contributed by atoms with van der Waals surface area (Å²) in [6.45, 7) is 0. The number of nitrogens with one attached hydrogen (secondary N) is 1. The fourth-order valence-electron chi connectivity index (χ4n) is 1.89. The molecule has 0 aliphatic rings. The number of carboxylic acid groups (broad SMARTS) is 1. The predicted octanol–water partition coefficient (Wildman–Crippen LogP) is 2.47. The van der Waals surface area contributed by atoms with Gasteiger partial charge in [0.05, 0.1) is 12.4 Å². The number of carboxylic acids is 1. The van der Waals surface area contributed by atoms with Gasteiger partial charge in [0.1, 0.15) is 5.82 Å². The summed E-state index contributed by atoms with van der Waals surface area (Å²) in [6.07, 6.45) is 6.14. The molecule has 2 N–H and O–H groups in total. The Kier molecular flexibility index (Phi) is 2.96. The number of carbonyl (C=O) groups is 1. The monoisotopic (exact) mass is 266 g/mol. The fraction of sp³-hybridized carbons (Fsp3) is 0. The Morgan fingerprint density at radius 1 is 1.10 bits per heavy atom. The van der Waals surface area contributed by atoms with Crippen molar-refractivity contribution < 1.29 is 9.90 Å². The number of benzene rings is 1. The molecule has 6 nitrogen and oxygen atoms in total. The summed E-state index contributed by atoms with van der Waals surface area (Å²) < 4.78 is 0. The van der Waals surface area contributed by atoms with E-state index in [1.807, 2.05) is 24.3 Å². The van der Waals surface area contributed by atoms with E-state index in [-0.39, 0.29) is 5.69 Å². The van der Waals surface area contributed by atoms with Crippen molar-refractivity contribution in [3.63, 3.8) is 0 Å². The molecule has 0 aliphatic carbocycles. The SMILES string of the molecule is O=C(O)c1cncc(Nc2cccc3ccncc23)n1. The van der Waals surface area contributed by atoms with Gasteiger partial charge in [-0.1, -0.05) is 12.1 Å². The standard InChI is InChI=1S/C14H10N4O2/c19-14(20)12-7-16-8-13(18-12)17-11-3-1-2-9-4-5-15-6-10(9)11/h1-8H,(H,17,18)(H,19,20). The molecule has 98 valence electrons. The number of hydrogen-bond acceptors (Lipinski definition) is 5. The van der Waals surface area contributed by atoms with Crippen molar-refractivity contribution in [2.75, 3.05) is 5.32 Å². The summed E-state index contributed by atoms with van der Waals surface area (Å²) in [7, 11) is 0. The highest BCUT2D eigenvalue weighted by Crippen LogP contribution is 2.24. The van der Waals surface area contributed by atoms with Gasteiger partial charge in [-0.2, -0.15) is 0 Å². The van der Waals surface area contributed by atoms with E-state index in [9.17, 15) is 4.79 Å². The van der Waals surface area contributed by atoms with E-state index in [0.29, 0.717) is 5.82 Å². The molecule has 0 unspecified atom stereocenters. The number of nitrogens with zero attached hydrogens (tertiary/aromatic N) is 3. The zero-order valence-corrected chi connectivity index (χ0v) is 10.3. The molecule has 2 heterocycles. The molecular formula is C14H10N4O2. The molecule has 0 atom stereocenters. The van der Waals surface area contributed by atoms with Crippen molar-refractivity contribution in [1.82, 2.24) is 15.0 Å². The Morgan fingerprint density at radius 2 is 2.00 bits per heavy atom. The van der Waals surface area contributed by atoms with Crippen LogP contribution in [0.2, 0.25) is 0 Å². The van der Waals surface area contributed by atoms with Gasteiger partial charge in [0, 0.05) is 23.5 Å². The van der Waals surface area contributed by atoms with Crippen LogP contribution in [0.4, 0.5) is 11.5 Å². The summed E-state index contributed by atoms with van der Waals surface area (Å²) in [5.74, 6) is -0.734. The Morgan fingerprint density at radius 3 is 2.85 bits per heavy atom. The second kappa shape index (κ2) is 4.93. The molecule has 0 fully saturated rings. The van der Waals surface area contributed by atoms with Gasteiger partial charge in [-0.25, -0.2) is 9.78 Å². The Bertz CT molecular complexity index is 783. The topological polar surface area (TPSA) is 88.0 Å². The van der Waals surface area contributed by atoms with Crippen LogP contribution in [0.15, 0.2) is 49.1 Å². The summed E-state index contributed by atoms with van der Waals surface area (Å²) >= 11 is 0. The third kappa shape index (κ3) is 2.26. The van der Waals surface area contributed by atoms with Crippen LogP contribution in [0.3, 0.4) is 0 Å². The first-order valence-corrected chi connectivity index (χ1v) is 5.89. The molecule has 0 bridgehead atoms. The van der Waals surface area contributed by atoms with Crippen molar-refractivity contribution in [3.05, 3.63) is 54.7 Å². The van der Waals surface area contributed by atoms with Crippen molar-refractivity contribution in [2.45, 2.75) is 0 Å². The zero-order valence-electron chi connectivity index (χ0n) is 10.3. The van der Waals surface area contributed by atoms with Crippen LogP contribution in [0, 0.1) is 0 Å². The molecule has 0 saturated carbocycles. The van der Waals surface area contributed by atoms with Crippen molar-refractivity contribution in [1.29, 1.82) is 0 Å². The lowest BCUT2D eigenvalue weighted by molar-refractivity contribution is 0.0690. The number of pyridine rings is 1. The maximum absolute atomic E-state index is 10.9. The van der Waals surface area contributed by atoms with Gasteiger partial charge in [0.2, 0.25) is 0 Å². The molecule has 3 rings (SSSR count). The Balaban J connectivity index is 2.01. The smallest absolute Gasteiger partial charge is 0.356 e. The quantitative estimate of drug-likeness (QED) is 0.757.